The first-order chi connectivity index (χ1) is 27.2. The third-order valence-corrected chi connectivity index (χ3v) is 11.7. The minimum absolute atomic E-state index is 0.265. The molecule has 11 heteroatoms. The van der Waals surface area contributed by atoms with Gasteiger partial charge in [-0.1, -0.05) is 200 Å². The molecule has 0 aliphatic carbocycles. The fourth-order valence-corrected chi connectivity index (χ4v) is 7.74. The molecule has 0 aromatic carbocycles. The van der Waals surface area contributed by atoms with E-state index in [0.717, 1.165) is 38.5 Å². The number of aliphatic hydroxyl groups excluding tert-OH is 7. The zero-order valence-corrected chi connectivity index (χ0v) is 35.9. The number of aliphatic hydroxyl groups is 7. The summed E-state index contributed by atoms with van der Waals surface area (Å²) < 4.78 is 11.1. The molecule has 1 heterocycles. The fourth-order valence-electron chi connectivity index (χ4n) is 7.74. The summed E-state index contributed by atoms with van der Waals surface area (Å²) in [4.78, 5) is 13.0. The van der Waals surface area contributed by atoms with Crippen LogP contribution in [0.4, 0.5) is 0 Å². The van der Waals surface area contributed by atoms with Crippen LogP contribution in [0.25, 0.3) is 0 Å². The molecule has 1 amide bonds. The van der Waals surface area contributed by atoms with Gasteiger partial charge in [-0.15, -0.1) is 0 Å². The molecule has 0 aromatic heterocycles. The Morgan fingerprint density at radius 2 is 0.929 bits per heavy atom. The predicted octanol–water partition coefficient (Wildman–Crippen LogP) is 7.50. The Morgan fingerprint density at radius 1 is 0.554 bits per heavy atom. The van der Waals surface area contributed by atoms with Gasteiger partial charge in [-0.05, 0) is 12.8 Å². The van der Waals surface area contributed by atoms with E-state index in [9.17, 15) is 40.5 Å². The molecule has 1 aliphatic heterocycles. The molecule has 1 rings (SSSR count). The lowest BCUT2D eigenvalue weighted by molar-refractivity contribution is -0.303. The van der Waals surface area contributed by atoms with E-state index in [1.165, 1.54) is 135 Å². The van der Waals surface area contributed by atoms with Crippen molar-refractivity contribution in [1.82, 2.24) is 5.32 Å². The standard InChI is InChI=1S/C45H89NO10/c1-3-5-7-9-11-13-15-16-17-18-19-20-21-23-24-26-28-30-32-37(48)40(50)36(35-55-45-43(53)42(52)41(51)39(34-47)56-45)46-44(54)38(49)33-31-29-27-25-22-14-12-10-8-6-4-2/h36-43,45,47-53H,3-35H2,1-2H3,(H,46,54). The van der Waals surface area contributed by atoms with Crippen molar-refractivity contribution in [2.45, 2.75) is 268 Å². The van der Waals surface area contributed by atoms with Gasteiger partial charge >= 0.3 is 0 Å². The summed E-state index contributed by atoms with van der Waals surface area (Å²) in [6.45, 7) is 3.44. The maximum Gasteiger partial charge on any atom is 0.249 e. The van der Waals surface area contributed by atoms with Gasteiger partial charge in [0.2, 0.25) is 5.91 Å². The molecule has 334 valence electrons. The highest BCUT2D eigenvalue weighted by Gasteiger charge is 2.44. The van der Waals surface area contributed by atoms with E-state index < -0.39 is 74.2 Å². The molecule has 0 spiro atoms. The van der Waals surface area contributed by atoms with Gasteiger partial charge in [0.05, 0.1) is 25.4 Å². The second kappa shape index (κ2) is 36.0. The van der Waals surface area contributed by atoms with Crippen LogP contribution in [0.2, 0.25) is 0 Å². The Bertz CT molecular complexity index is 882. The van der Waals surface area contributed by atoms with Gasteiger partial charge < -0.3 is 50.5 Å². The lowest BCUT2D eigenvalue weighted by Gasteiger charge is -2.40. The number of carbonyl (C=O) groups excluding carboxylic acids is 1. The van der Waals surface area contributed by atoms with E-state index in [1.54, 1.807) is 0 Å². The summed E-state index contributed by atoms with van der Waals surface area (Å²) in [5.74, 6) is -0.695. The lowest BCUT2D eigenvalue weighted by atomic mass is 9.98. The average molecular weight is 804 g/mol. The number of amides is 1. The number of rotatable bonds is 39. The topological polar surface area (TPSA) is 189 Å². The molecule has 0 aromatic rings. The summed E-state index contributed by atoms with van der Waals surface area (Å²) in [6.07, 6.45) is 24.4. The van der Waals surface area contributed by atoms with Crippen molar-refractivity contribution in [3.05, 3.63) is 0 Å². The van der Waals surface area contributed by atoms with Crippen LogP contribution in [-0.4, -0.2) is 110 Å². The highest BCUT2D eigenvalue weighted by molar-refractivity contribution is 5.80. The summed E-state index contributed by atoms with van der Waals surface area (Å²) >= 11 is 0. The summed E-state index contributed by atoms with van der Waals surface area (Å²) in [5, 5.41) is 75.6. The molecule has 9 unspecified atom stereocenters. The van der Waals surface area contributed by atoms with Gasteiger partial charge in [0, 0.05) is 0 Å². The lowest BCUT2D eigenvalue weighted by Crippen LogP contribution is -2.60. The predicted molar refractivity (Wildman–Crippen MR) is 224 cm³/mol. The van der Waals surface area contributed by atoms with Gasteiger partial charge in [-0.2, -0.15) is 0 Å². The Kier molecular flexibility index (Phi) is 34.2. The van der Waals surface area contributed by atoms with Crippen molar-refractivity contribution in [3.8, 4) is 0 Å². The quantitative estimate of drug-likeness (QED) is 0.0289. The van der Waals surface area contributed by atoms with Gasteiger partial charge in [-0.3, -0.25) is 4.79 Å². The van der Waals surface area contributed by atoms with Crippen molar-refractivity contribution in [3.63, 3.8) is 0 Å². The molecule has 1 fully saturated rings. The van der Waals surface area contributed by atoms with Crippen LogP contribution in [0, 0.1) is 0 Å². The highest BCUT2D eigenvalue weighted by atomic mass is 16.7. The molecular formula is C45H89NO10. The number of nitrogens with one attached hydrogen (secondary N) is 1. The Hall–Kier alpha value is -0.890. The highest BCUT2D eigenvalue weighted by Crippen LogP contribution is 2.23. The molecule has 0 saturated carbocycles. The summed E-state index contributed by atoms with van der Waals surface area (Å²) in [5.41, 5.74) is 0. The van der Waals surface area contributed by atoms with Crippen molar-refractivity contribution in [2.24, 2.45) is 0 Å². The molecular weight excluding hydrogens is 714 g/mol. The monoisotopic (exact) mass is 804 g/mol. The van der Waals surface area contributed by atoms with Crippen LogP contribution < -0.4 is 5.32 Å². The van der Waals surface area contributed by atoms with E-state index in [-0.39, 0.29) is 6.42 Å². The van der Waals surface area contributed by atoms with E-state index >= 15 is 0 Å². The van der Waals surface area contributed by atoms with Crippen LogP contribution in [-0.2, 0) is 14.3 Å². The minimum atomic E-state index is -1.66. The van der Waals surface area contributed by atoms with Crippen molar-refractivity contribution in [2.75, 3.05) is 13.2 Å². The van der Waals surface area contributed by atoms with Crippen LogP contribution >= 0.6 is 0 Å². The molecule has 56 heavy (non-hydrogen) atoms. The number of hydrogen-bond acceptors (Lipinski definition) is 10. The third-order valence-electron chi connectivity index (χ3n) is 11.7. The van der Waals surface area contributed by atoms with E-state index in [1.807, 2.05) is 0 Å². The maximum atomic E-state index is 13.0. The molecule has 8 N–H and O–H groups in total. The first-order valence-corrected chi connectivity index (χ1v) is 23.4. The van der Waals surface area contributed by atoms with E-state index in [2.05, 4.69) is 19.2 Å². The van der Waals surface area contributed by atoms with Crippen LogP contribution in [0.3, 0.4) is 0 Å². The van der Waals surface area contributed by atoms with Gasteiger partial charge in [0.15, 0.2) is 6.29 Å². The minimum Gasteiger partial charge on any atom is -0.394 e. The van der Waals surface area contributed by atoms with Crippen LogP contribution in [0.15, 0.2) is 0 Å². The number of unbranched alkanes of at least 4 members (excludes halogenated alkanes) is 27. The molecule has 11 nitrogen and oxygen atoms in total. The summed E-state index contributed by atoms with van der Waals surface area (Å²) in [6, 6.07) is -1.16. The molecule has 9 atom stereocenters. The zero-order valence-electron chi connectivity index (χ0n) is 35.9. The van der Waals surface area contributed by atoms with Crippen molar-refractivity contribution in [1.29, 1.82) is 0 Å². The number of carbonyl (C=O) groups is 1. The molecule has 1 saturated heterocycles. The molecule has 0 radical (unpaired) electrons. The smallest absolute Gasteiger partial charge is 0.249 e. The van der Waals surface area contributed by atoms with Crippen LogP contribution in [0.1, 0.15) is 213 Å². The van der Waals surface area contributed by atoms with Crippen molar-refractivity contribution < 1.29 is 50.0 Å². The average Bonchev–Trinajstić information content (AvgIpc) is 3.20. The SMILES string of the molecule is CCCCCCCCCCCCCCCCCCCCC(O)C(O)C(COC1OC(CO)C(O)C(O)C1O)NC(=O)C(O)CCCCCCCCCCCCC. The second-order valence-corrected chi connectivity index (χ2v) is 16.8. The van der Waals surface area contributed by atoms with Gasteiger partial charge in [0.1, 0.15) is 36.6 Å². The Balaban J connectivity index is 2.42. The van der Waals surface area contributed by atoms with Crippen molar-refractivity contribution >= 4 is 5.91 Å². The fraction of sp³-hybridized carbons (Fsp3) is 0.978. The first kappa shape index (κ1) is 53.1. The third kappa shape index (κ3) is 25.6. The normalized spacial score (nSPS) is 22.2. The van der Waals surface area contributed by atoms with Crippen LogP contribution in [0.5, 0.6) is 0 Å². The van der Waals surface area contributed by atoms with E-state index in [0.29, 0.717) is 19.3 Å². The van der Waals surface area contributed by atoms with Gasteiger partial charge in [0.25, 0.3) is 0 Å². The number of hydrogen-bond donors (Lipinski definition) is 8. The zero-order chi connectivity index (χ0) is 41.2. The van der Waals surface area contributed by atoms with Gasteiger partial charge in [-0.25, -0.2) is 0 Å². The summed E-state index contributed by atoms with van der Waals surface area (Å²) in [7, 11) is 0. The second-order valence-electron chi connectivity index (χ2n) is 16.8. The Morgan fingerprint density at radius 3 is 1.32 bits per heavy atom. The largest absolute Gasteiger partial charge is 0.394 e. The number of ether oxygens (including phenoxy) is 2. The maximum absolute atomic E-state index is 13.0. The Labute approximate surface area is 341 Å². The molecule has 1 aliphatic rings. The van der Waals surface area contributed by atoms with E-state index in [4.69, 9.17) is 9.47 Å². The first-order valence-electron chi connectivity index (χ1n) is 23.4. The molecule has 0 bridgehead atoms.